The van der Waals surface area contributed by atoms with Gasteiger partial charge in [0.1, 0.15) is 0 Å². The van der Waals surface area contributed by atoms with E-state index in [4.69, 9.17) is 0 Å². The Kier molecular flexibility index (Phi) is 3.30. The molecule has 0 spiro atoms. The molecule has 0 unspecified atom stereocenters. The average Bonchev–Trinajstić information content (AvgIpc) is 2.73. The molecule has 1 heterocycles. The van der Waals surface area contributed by atoms with Gasteiger partial charge < -0.3 is 5.32 Å². The van der Waals surface area contributed by atoms with Gasteiger partial charge in [-0.1, -0.05) is 12.8 Å². The van der Waals surface area contributed by atoms with E-state index in [2.05, 4.69) is 39.6 Å². The predicted molar refractivity (Wildman–Crippen MR) is 65.7 cm³/mol. The average molecular weight is 274 g/mol. The zero-order valence-electron chi connectivity index (χ0n) is 8.48. The fourth-order valence-corrected chi connectivity index (χ4v) is 3.33. The van der Waals surface area contributed by atoms with Crippen LogP contribution in [-0.2, 0) is 6.54 Å². The summed E-state index contributed by atoms with van der Waals surface area (Å²) in [6.45, 7) is 3.35. The molecular weight excluding hydrogens is 258 g/mol. The Morgan fingerprint density at radius 2 is 2.21 bits per heavy atom. The van der Waals surface area contributed by atoms with E-state index in [0.717, 1.165) is 6.54 Å². The molecule has 1 aromatic heterocycles. The zero-order valence-corrected chi connectivity index (χ0v) is 10.9. The van der Waals surface area contributed by atoms with E-state index in [1.807, 2.05) is 0 Å². The number of halogens is 1. The van der Waals surface area contributed by atoms with Crippen LogP contribution in [0.1, 0.15) is 38.2 Å². The molecule has 0 saturated heterocycles. The van der Waals surface area contributed by atoms with Crippen molar-refractivity contribution in [1.82, 2.24) is 5.32 Å². The van der Waals surface area contributed by atoms with Crippen molar-refractivity contribution >= 4 is 27.3 Å². The maximum atomic E-state index is 3.68. The molecule has 2 rings (SSSR count). The van der Waals surface area contributed by atoms with Gasteiger partial charge in [0.15, 0.2) is 0 Å². The molecule has 0 atom stereocenters. The molecule has 1 saturated carbocycles. The summed E-state index contributed by atoms with van der Waals surface area (Å²) in [5, 5.41) is 5.81. The highest BCUT2D eigenvalue weighted by Gasteiger charge is 2.27. The Bertz CT molecular complexity index is 302. The Hall–Kier alpha value is 0.140. The van der Waals surface area contributed by atoms with E-state index in [-0.39, 0.29) is 0 Å². The fraction of sp³-hybridized carbons (Fsp3) is 0.636. The molecule has 0 aromatic carbocycles. The monoisotopic (exact) mass is 273 g/mol. The Morgan fingerprint density at radius 3 is 2.79 bits per heavy atom. The number of nitrogens with one attached hydrogen (secondary N) is 1. The molecule has 1 aliphatic rings. The quantitative estimate of drug-likeness (QED) is 0.880. The second-order valence-electron chi connectivity index (χ2n) is 4.34. The molecule has 0 aliphatic heterocycles. The second-order valence-corrected chi connectivity index (χ2v) is 6.57. The first-order valence-electron chi connectivity index (χ1n) is 5.17. The largest absolute Gasteiger partial charge is 0.307 e. The van der Waals surface area contributed by atoms with E-state index < -0.39 is 0 Å². The van der Waals surface area contributed by atoms with Gasteiger partial charge in [-0.05, 0) is 52.7 Å². The molecule has 0 bridgehead atoms. The van der Waals surface area contributed by atoms with Gasteiger partial charge in [0.05, 0.1) is 3.79 Å². The van der Waals surface area contributed by atoms with Crippen LogP contribution in [0.5, 0.6) is 0 Å². The number of hydrogen-bond donors (Lipinski definition) is 1. The van der Waals surface area contributed by atoms with Gasteiger partial charge >= 0.3 is 0 Å². The molecule has 1 aromatic rings. The van der Waals surface area contributed by atoms with Gasteiger partial charge in [-0.3, -0.25) is 0 Å². The van der Waals surface area contributed by atoms with Crippen molar-refractivity contribution in [2.45, 2.75) is 44.7 Å². The molecule has 1 aliphatic carbocycles. The summed E-state index contributed by atoms with van der Waals surface area (Å²) in [5.41, 5.74) is 1.78. The third-order valence-electron chi connectivity index (χ3n) is 3.11. The first kappa shape index (κ1) is 10.7. The molecule has 0 amide bonds. The van der Waals surface area contributed by atoms with Crippen LogP contribution in [0.15, 0.2) is 15.2 Å². The SMILES string of the molecule is CC1(NCc2ccsc2Br)CCCC1. The number of rotatable bonds is 3. The van der Waals surface area contributed by atoms with Gasteiger partial charge in [0.2, 0.25) is 0 Å². The summed E-state index contributed by atoms with van der Waals surface area (Å²) < 4.78 is 1.27. The first-order valence-corrected chi connectivity index (χ1v) is 6.84. The zero-order chi connectivity index (χ0) is 10.0. The molecule has 1 nitrogen and oxygen atoms in total. The van der Waals surface area contributed by atoms with Gasteiger partial charge in [0, 0.05) is 12.1 Å². The minimum absolute atomic E-state index is 0.390. The van der Waals surface area contributed by atoms with Crippen molar-refractivity contribution in [2.24, 2.45) is 0 Å². The lowest BCUT2D eigenvalue weighted by atomic mass is 10.0. The molecule has 1 N–H and O–H groups in total. The number of thiophene rings is 1. The van der Waals surface area contributed by atoms with Gasteiger partial charge in [-0.25, -0.2) is 0 Å². The van der Waals surface area contributed by atoms with Crippen LogP contribution >= 0.6 is 27.3 Å². The first-order chi connectivity index (χ1) is 6.70. The summed E-state index contributed by atoms with van der Waals surface area (Å²) >= 11 is 5.33. The van der Waals surface area contributed by atoms with Crippen molar-refractivity contribution in [3.8, 4) is 0 Å². The van der Waals surface area contributed by atoms with Crippen molar-refractivity contribution in [1.29, 1.82) is 0 Å². The smallest absolute Gasteiger partial charge is 0.0743 e. The highest BCUT2D eigenvalue weighted by Crippen LogP contribution is 2.30. The molecule has 0 radical (unpaired) electrons. The Balaban J connectivity index is 1.91. The minimum Gasteiger partial charge on any atom is -0.307 e. The van der Waals surface area contributed by atoms with Crippen molar-refractivity contribution < 1.29 is 0 Å². The lowest BCUT2D eigenvalue weighted by Gasteiger charge is -2.25. The summed E-state index contributed by atoms with van der Waals surface area (Å²) in [6, 6.07) is 2.19. The van der Waals surface area contributed by atoms with Crippen LogP contribution in [-0.4, -0.2) is 5.54 Å². The summed E-state index contributed by atoms with van der Waals surface area (Å²) in [5.74, 6) is 0. The van der Waals surface area contributed by atoms with Crippen LogP contribution in [0.2, 0.25) is 0 Å². The predicted octanol–water partition coefficient (Wildman–Crippen LogP) is 3.93. The van der Waals surface area contributed by atoms with E-state index in [9.17, 15) is 0 Å². The van der Waals surface area contributed by atoms with Crippen LogP contribution < -0.4 is 5.32 Å². The molecule has 3 heteroatoms. The Labute approximate surface area is 98.0 Å². The highest BCUT2D eigenvalue weighted by atomic mass is 79.9. The van der Waals surface area contributed by atoms with Gasteiger partial charge in [-0.15, -0.1) is 11.3 Å². The Morgan fingerprint density at radius 1 is 1.50 bits per heavy atom. The third-order valence-corrected chi connectivity index (χ3v) is 4.92. The third kappa shape index (κ3) is 2.38. The molecular formula is C11H16BrNS. The van der Waals surface area contributed by atoms with Gasteiger partial charge in [-0.2, -0.15) is 0 Å². The molecule has 14 heavy (non-hydrogen) atoms. The van der Waals surface area contributed by atoms with Crippen LogP contribution in [0.3, 0.4) is 0 Å². The van der Waals surface area contributed by atoms with E-state index in [1.54, 1.807) is 11.3 Å². The molecule has 78 valence electrons. The number of hydrogen-bond acceptors (Lipinski definition) is 2. The van der Waals surface area contributed by atoms with Crippen molar-refractivity contribution in [2.75, 3.05) is 0 Å². The second kappa shape index (κ2) is 4.33. The summed E-state index contributed by atoms with van der Waals surface area (Å²) in [4.78, 5) is 0. The standard InChI is InChI=1S/C11H16BrNS/c1-11(5-2-3-6-11)13-8-9-4-7-14-10(9)12/h4,7,13H,2-3,5-6,8H2,1H3. The highest BCUT2D eigenvalue weighted by molar-refractivity contribution is 9.11. The molecule has 1 fully saturated rings. The van der Waals surface area contributed by atoms with Crippen molar-refractivity contribution in [3.63, 3.8) is 0 Å². The maximum absolute atomic E-state index is 3.68. The van der Waals surface area contributed by atoms with E-state index >= 15 is 0 Å². The lowest BCUT2D eigenvalue weighted by Crippen LogP contribution is -2.38. The topological polar surface area (TPSA) is 12.0 Å². The van der Waals surface area contributed by atoms with Crippen LogP contribution in [0, 0.1) is 0 Å². The van der Waals surface area contributed by atoms with Crippen LogP contribution in [0.4, 0.5) is 0 Å². The van der Waals surface area contributed by atoms with E-state index in [1.165, 1.54) is 35.0 Å². The summed E-state index contributed by atoms with van der Waals surface area (Å²) in [7, 11) is 0. The van der Waals surface area contributed by atoms with Crippen LogP contribution in [0.25, 0.3) is 0 Å². The normalized spacial score (nSPS) is 20.1. The lowest BCUT2D eigenvalue weighted by molar-refractivity contribution is 0.362. The van der Waals surface area contributed by atoms with Crippen molar-refractivity contribution in [3.05, 3.63) is 20.8 Å². The minimum atomic E-state index is 0.390. The fourth-order valence-electron chi connectivity index (χ4n) is 2.09. The van der Waals surface area contributed by atoms with E-state index in [0.29, 0.717) is 5.54 Å². The maximum Gasteiger partial charge on any atom is 0.0743 e. The summed E-state index contributed by atoms with van der Waals surface area (Å²) in [6.07, 6.45) is 5.42. The van der Waals surface area contributed by atoms with Gasteiger partial charge in [0.25, 0.3) is 0 Å².